The van der Waals surface area contributed by atoms with Gasteiger partial charge in [-0.2, -0.15) is 10.1 Å². The molecule has 2 aromatic rings. The van der Waals surface area contributed by atoms with Crippen molar-refractivity contribution in [1.29, 1.82) is 0 Å². The van der Waals surface area contributed by atoms with Crippen molar-refractivity contribution in [2.24, 2.45) is 11.0 Å². The average molecular weight is 378 g/mol. The zero-order valence-corrected chi connectivity index (χ0v) is 15.6. The number of rotatable bonds is 4. The van der Waals surface area contributed by atoms with E-state index in [0.29, 0.717) is 31.5 Å². The quantitative estimate of drug-likeness (QED) is 0.729. The van der Waals surface area contributed by atoms with Crippen molar-refractivity contribution >= 4 is 23.2 Å². The summed E-state index contributed by atoms with van der Waals surface area (Å²) in [4.78, 5) is 18.3. The minimum Gasteiger partial charge on any atom is -0.354 e. The van der Waals surface area contributed by atoms with Gasteiger partial charge in [0.15, 0.2) is 5.65 Å². The molecular formula is C19H22N8O. The van der Waals surface area contributed by atoms with Crippen molar-refractivity contribution in [1.82, 2.24) is 30.2 Å². The molecule has 0 radical (unpaired) electrons. The van der Waals surface area contributed by atoms with Gasteiger partial charge < -0.3 is 10.6 Å². The molecule has 5 rings (SSSR count). The van der Waals surface area contributed by atoms with E-state index < -0.39 is 0 Å². The van der Waals surface area contributed by atoms with Gasteiger partial charge in [0.25, 0.3) is 0 Å². The molecule has 2 aromatic heterocycles. The summed E-state index contributed by atoms with van der Waals surface area (Å²) in [6, 6.07) is 5.93. The molecular weight excluding hydrogens is 356 g/mol. The van der Waals surface area contributed by atoms with Crippen LogP contribution in [0.15, 0.2) is 46.8 Å². The maximum Gasteiger partial charge on any atom is 0.247 e. The zero-order chi connectivity index (χ0) is 19.1. The Labute approximate surface area is 162 Å². The summed E-state index contributed by atoms with van der Waals surface area (Å²) in [6.45, 7) is 4.62. The van der Waals surface area contributed by atoms with E-state index in [1.165, 1.54) is 0 Å². The van der Waals surface area contributed by atoms with Gasteiger partial charge in [0.1, 0.15) is 0 Å². The number of hydrogen-bond acceptors (Lipinski definition) is 7. The van der Waals surface area contributed by atoms with Gasteiger partial charge in [-0.15, -0.1) is 5.10 Å². The van der Waals surface area contributed by atoms with E-state index in [2.05, 4.69) is 48.3 Å². The standard InChI is InChI=1S/C19H22N8O/c1-12-15-6-5-13(9-16(15)24-23-12)21-19-22-17-4-2-3-14(27(17)25-19)10-26-8-7-20-18(28)11-26/h2-5,9,15,24H,6-8,10-11H2,1H3,(H,20,28)(H,21,25). The minimum atomic E-state index is 0.0645. The Morgan fingerprint density at radius 2 is 2.29 bits per heavy atom. The maximum atomic E-state index is 11.6. The predicted molar refractivity (Wildman–Crippen MR) is 105 cm³/mol. The molecule has 9 nitrogen and oxygen atoms in total. The maximum absolute atomic E-state index is 11.6. The second kappa shape index (κ2) is 6.75. The molecule has 1 fully saturated rings. The van der Waals surface area contributed by atoms with Gasteiger partial charge in [0.05, 0.1) is 12.2 Å². The number of hydrazone groups is 1. The first-order valence-electron chi connectivity index (χ1n) is 9.48. The van der Waals surface area contributed by atoms with Crippen LogP contribution < -0.4 is 16.1 Å². The van der Waals surface area contributed by atoms with Gasteiger partial charge in [-0.25, -0.2) is 4.52 Å². The number of nitrogens with zero attached hydrogens (tertiary/aromatic N) is 5. The first kappa shape index (κ1) is 16.9. The lowest BCUT2D eigenvalue weighted by molar-refractivity contribution is -0.124. The summed E-state index contributed by atoms with van der Waals surface area (Å²) >= 11 is 0. The van der Waals surface area contributed by atoms with Crippen molar-refractivity contribution in [3.63, 3.8) is 0 Å². The van der Waals surface area contributed by atoms with Crippen molar-refractivity contribution in [2.75, 3.05) is 25.0 Å². The number of fused-ring (bicyclic) bond motifs is 2. The molecule has 0 bridgehead atoms. The Bertz CT molecular complexity index is 1030. The van der Waals surface area contributed by atoms with Crippen molar-refractivity contribution in [2.45, 2.75) is 19.9 Å². The molecule has 2 aliphatic heterocycles. The van der Waals surface area contributed by atoms with Crippen molar-refractivity contribution < 1.29 is 4.79 Å². The zero-order valence-electron chi connectivity index (χ0n) is 15.6. The molecule has 3 aliphatic rings. The van der Waals surface area contributed by atoms with E-state index in [0.717, 1.165) is 41.4 Å². The second-order valence-corrected chi connectivity index (χ2v) is 7.32. The van der Waals surface area contributed by atoms with Gasteiger partial charge in [0.2, 0.25) is 11.9 Å². The number of piperazine rings is 1. The Kier molecular flexibility index (Phi) is 4.09. The van der Waals surface area contributed by atoms with Crippen LogP contribution in [0.25, 0.3) is 5.65 Å². The lowest BCUT2D eigenvalue weighted by Crippen LogP contribution is -2.47. The van der Waals surface area contributed by atoms with Crippen LogP contribution in [0.4, 0.5) is 5.95 Å². The average Bonchev–Trinajstić information content (AvgIpc) is 3.26. The molecule has 0 aromatic carbocycles. The Morgan fingerprint density at radius 1 is 1.36 bits per heavy atom. The molecule has 1 aliphatic carbocycles. The monoisotopic (exact) mass is 378 g/mol. The van der Waals surface area contributed by atoms with Crippen LogP contribution in [0.3, 0.4) is 0 Å². The topological polar surface area (TPSA) is 99.0 Å². The molecule has 144 valence electrons. The number of amides is 1. The Balaban J connectivity index is 1.35. The van der Waals surface area contributed by atoms with Crippen LogP contribution in [-0.4, -0.2) is 50.8 Å². The van der Waals surface area contributed by atoms with E-state index in [1.807, 2.05) is 29.6 Å². The highest BCUT2D eigenvalue weighted by atomic mass is 16.2. The fraction of sp³-hybridized carbons (Fsp3) is 0.368. The fourth-order valence-electron chi connectivity index (χ4n) is 3.84. The highest BCUT2D eigenvalue weighted by Gasteiger charge is 2.25. The van der Waals surface area contributed by atoms with Crippen molar-refractivity contribution in [3.05, 3.63) is 47.4 Å². The molecule has 1 unspecified atom stereocenters. The second-order valence-electron chi connectivity index (χ2n) is 7.32. The molecule has 1 saturated heterocycles. The molecule has 28 heavy (non-hydrogen) atoms. The van der Waals surface area contributed by atoms with E-state index >= 15 is 0 Å². The predicted octanol–water partition coefficient (Wildman–Crippen LogP) is 0.840. The third-order valence-corrected chi connectivity index (χ3v) is 5.32. The summed E-state index contributed by atoms with van der Waals surface area (Å²) < 4.78 is 1.84. The number of carbonyl (C=O) groups is 1. The van der Waals surface area contributed by atoms with Gasteiger partial charge in [-0.1, -0.05) is 12.1 Å². The first-order valence-corrected chi connectivity index (χ1v) is 9.48. The number of nitrogens with one attached hydrogen (secondary N) is 3. The van der Waals surface area contributed by atoms with Gasteiger partial charge in [0, 0.05) is 42.7 Å². The Morgan fingerprint density at radius 3 is 3.18 bits per heavy atom. The van der Waals surface area contributed by atoms with E-state index in [-0.39, 0.29) is 5.91 Å². The fourth-order valence-corrected chi connectivity index (χ4v) is 3.84. The van der Waals surface area contributed by atoms with E-state index in [4.69, 9.17) is 0 Å². The van der Waals surface area contributed by atoms with Gasteiger partial charge in [-0.05, 0) is 31.6 Å². The number of carbonyl (C=O) groups excluding carboxylic acids is 1. The summed E-state index contributed by atoms with van der Waals surface area (Å²) in [7, 11) is 0. The summed E-state index contributed by atoms with van der Waals surface area (Å²) in [6.07, 6.45) is 5.12. The summed E-state index contributed by atoms with van der Waals surface area (Å²) in [5.74, 6) is 0.976. The smallest absolute Gasteiger partial charge is 0.247 e. The first-order chi connectivity index (χ1) is 13.7. The molecule has 0 spiro atoms. The summed E-state index contributed by atoms with van der Waals surface area (Å²) in [5.41, 5.74) is 8.06. The van der Waals surface area contributed by atoms with Crippen LogP contribution in [-0.2, 0) is 11.3 Å². The third kappa shape index (κ3) is 3.13. The van der Waals surface area contributed by atoms with Crippen LogP contribution in [0.2, 0.25) is 0 Å². The Hall–Kier alpha value is -3.20. The highest BCUT2D eigenvalue weighted by molar-refractivity contribution is 5.89. The number of aromatic nitrogens is 3. The molecule has 0 saturated carbocycles. The summed E-state index contributed by atoms with van der Waals surface area (Å²) in [5, 5.41) is 15.1. The molecule has 3 N–H and O–H groups in total. The minimum absolute atomic E-state index is 0.0645. The van der Waals surface area contributed by atoms with Crippen LogP contribution >= 0.6 is 0 Å². The molecule has 1 amide bonds. The highest BCUT2D eigenvalue weighted by Crippen LogP contribution is 2.27. The van der Waals surface area contributed by atoms with Gasteiger partial charge >= 0.3 is 0 Å². The van der Waals surface area contributed by atoms with Crippen LogP contribution in [0.1, 0.15) is 19.0 Å². The largest absolute Gasteiger partial charge is 0.354 e. The normalized spacial score (nSPS) is 22.1. The number of hydrogen-bond donors (Lipinski definition) is 3. The number of pyridine rings is 1. The molecule has 9 heteroatoms. The van der Waals surface area contributed by atoms with Crippen molar-refractivity contribution in [3.8, 4) is 0 Å². The van der Waals surface area contributed by atoms with Crippen LogP contribution in [0.5, 0.6) is 0 Å². The number of anilines is 1. The third-order valence-electron chi connectivity index (χ3n) is 5.32. The molecule has 4 heterocycles. The van der Waals surface area contributed by atoms with E-state index in [1.54, 1.807) is 0 Å². The lowest BCUT2D eigenvalue weighted by Gasteiger charge is -2.26. The SMILES string of the molecule is CC1=NNC2=CC(Nc3nc4cccc(CN5CCNC(=O)C5)n4n3)=CCC21. The van der Waals surface area contributed by atoms with E-state index in [9.17, 15) is 4.79 Å². The van der Waals surface area contributed by atoms with Crippen LogP contribution in [0, 0.1) is 5.92 Å². The molecule has 1 atom stereocenters. The number of allylic oxidation sites excluding steroid dienone is 3. The lowest BCUT2D eigenvalue weighted by atomic mass is 9.93. The van der Waals surface area contributed by atoms with Gasteiger partial charge in [-0.3, -0.25) is 15.1 Å².